The summed E-state index contributed by atoms with van der Waals surface area (Å²) in [6.45, 7) is 0. The fourth-order valence-corrected chi connectivity index (χ4v) is 2.90. The monoisotopic (exact) mass is 291 g/mol. The summed E-state index contributed by atoms with van der Waals surface area (Å²) in [5.41, 5.74) is 0.683. The highest BCUT2D eigenvalue weighted by Crippen LogP contribution is 2.34. The fourth-order valence-electron chi connectivity index (χ4n) is 2.90. The second-order valence-electron chi connectivity index (χ2n) is 5.24. The number of hydrogen-bond acceptors (Lipinski definition) is 5. The maximum absolute atomic E-state index is 13.4. The van der Waals surface area contributed by atoms with E-state index >= 15 is 0 Å². The molecule has 0 radical (unpaired) electrons. The van der Waals surface area contributed by atoms with Crippen molar-refractivity contribution in [1.29, 1.82) is 0 Å². The van der Waals surface area contributed by atoms with E-state index in [0.717, 1.165) is 19.3 Å². The first-order valence-electron chi connectivity index (χ1n) is 7.07. The minimum absolute atomic E-state index is 0.174. The molecule has 1 aliphatic carbocycles. The van der Waals surface area contributed by atoms with E-state index in [9.17, 15) is 4.39 Å². The zero-order valence-electron chi connectivity index (χ0n) is 12.1. The summed E-state index contributed by atoms with van der Waals surface area (Å²) < 4.78 is 23.8. The van der Waals surface area contributed by atoms with Gasteiger partial charge in [0, 0.05) is 11.6 Å². The summed E-state index contributed by atoms with van der Waals surface area (Å²) in [6.07, 6.45) is 3.31. The molecular weight excluding hydrogens is 273 g/mol. The number of likely N-dealkylation sites (N-methyl/N-ethyl adjacent to an activating group) is 1. The van der Waals surface area contributed by atoms with E-state index in [1.807, 2.05) is 7.05 Å². The molecule has 1 aliphatic rings. The Hall–Kier alpha value is -1.95. The Bertz CT molecular complexity index is 629. The number of aromatic nitrogens is 2. The molecule has 5 nitrogen and oxygen atoms in total. The van der Waals surface area contributed by atoms with E-state index in [-0.39, 0.29) is 11.7 Å². The number of ether oxygens (including phenoxy) is 1. The number of hydrogen-bond donors (Lipinski definition) is 1. The van der Waals surface area contributed by atoms with Gasteiger partial charge in [-0.25, -0.2) is 4.39 Å². The molecule has 21 heavy (non-hydrogen) atoms. The molecule has 3 rings (SSSR count). The average molecular weight is 291 g/mol. The standard InChI is InChI=1S/C15H18FN3O2/c1-17-12-5-3-4-10(12)15-18-14(19-21-15)9-6-7-11(16)13(8-9)20-2/h6-8,10,12,17H,3-5H2,1-2H3. The summed E-state index contributed by atoms with van der Waals surface area (Å²) >= 11 is 0. The predicted octanol–water partition coefficient (Wildman–Crippen LogP) is 2.74. The number of benzene rings is 1. The first-order chi connectivity index (χ1) is 10.2. The number of nitrogens with zero attached hydrogens (tertiary/aromatic N) is 2. The molecule has 1 fully saturated rings. The largest absolute Gasteiger partial charge is 0.494 e. The van der Waals surface area contributed by atoms with Crippen molar-refractivity contribution in [2.24, 2.45) is 0 Å². The van der Waals surface area contributed by atoms with Gasteiger partial charge in [0.1, 0.15) is 0 Å². The highest BCUT2D eigenvalue weighted by molar-refractivity contribution is 5.57. The van der Waals surface area contributed by atoms with Crippen LogP contribution in [0.2, 0.25) is 0 Å². The lowest BCUT2D eigenvalue weighted by atomic mass is 10.0. The molecule has 2 aromatic rings. The topological polar surface area (TPSA) is 60.2 Å². The maximum atomic E-state index is 13.4. The van der Waals surface area contributed by atoms with E-state index in [0.29, 0.717) is 23.3 Å². The quantitative estimate of drug-likeness (QED) is 0.938. The van der Waals surface area contributed by atoms with Crippen molar-refractivity contribution in [3.8, 4) is 17.1 Å². The predicted molar refractivity (Wildman–Crippen MR) is 75.7 cm³/mol. The lowest BCUT2D eigenvalue weighted by molar-refractivity contribution is 0.335. The van der Waals surface area contributed by atoms with E-state index in [1.54, 1.807) is 12.1 Å². The van der Waals surface area contributed by atoms with Crippen molar-refractivity contribution in [3.63, 3.8) is 0 Å². The second kappa shape index (κ2) is 5.81. The van der Waals surface area contributed by atoms with E-state index in [1.165, 1.54) is 13.2 Å². The molecule has 0 aliphatic heterocycles. The maximum Gasteiger partial charge on any atom is 0.231 e. The van der Waals surface area contributed by atoms with Crippen LogP contribution in [0.4, 0.5) is 4.39 Å². The molecule has 1 aromatic carbocycles. The van der Waals surface area contributed by atoms with Crippen molar-refractivity contribution in [3.05, 3.63) is 29.9 Å². The zero-order valence-corrected chi connectivity index (χ0v) is 12.1. The molecule has 2 atom stereocenters. The first-order valence-corrected chi connectivity index (χ1v) is 7.07. The molecule has 1 heterocycles. The molecule has 2 unspecified atom stereocenters. The summed E-state index contributed by atoms with van der Waals surface area (Å²) in [4.78, 5) is 4.47. The smallest absolute Gasteiger partial charge is 0.231 e. The van der Waals surface area contributed by atoms with Crippen molar-refractivity contribution < 1.29 is 13.7 Å². The molecule has 0 spiro atoms. The first kappa shape index (κ1) is 14.0. The molecule has 1 N–H and O–H groups in total. The lowest BCUT2D eigenvalue weighted by Crippen LogP contribution is -2.27. The zero-order chi connectivity index (χ0) is 14.8. The second-order valence-corrected chi connectivity index (χ2v) is 5.24. The van der Waals surface area contributed by atoms with Gasteiger partial charge in [0.2, 0.25) is 11.7 Å². The van der Waals surface area contributed by atoms with Gasteiger partial charge in [-0.2, -0.15) is 4.98 Å². The molecule has 1 aromatic heterocycles. The van der Waals surface area contributed by atoms with Gasteiger partial charge in [-0.1, -0.05) is 11.6 Å². The van der Waals surface area contributed by atoms with Crippen molar-refractivity contribution in [1.82, 2.24) is 15.5 Å². The molecule has 1 saturated carbocycles. The van der Waals surface area contributed by atoms with Crippen molar-refractivity contribution >= 4 is 0 Å². The van der Waals surface area contributed by atoms with Crippen LogP contribution in [0.1, 0.15) is 31.1 Å². The van der Waals surface area contributed by atoms with Crippen LogP contribution < -0.4 is 10.1 Å². The Morgan fingerprint density at radius 2 is 2.24 bits per heavy atom. The molecule has 0 saturated heterocycles. The SMILES string of the molecule is CNC1CCCC1c1nc(-c2ccc(F)c(OC)c2)no1. The highest BCUT2D eigenvalue weighted by atomic mass is 19.1. The van der Waals surface area contributed by atoms with Gasteiger partial charge < -0.3 is 14.6 Å². The van der Waals surface area contributed by atoms with Gasteiger partial charge in [-0.05, 0) is 38.1 Å². The molecular formula is C15H18FN3O2. The van der Waals surface area contributed by atoms with Crippen molar-refractivity contribution in [2.45, 2.75) is 31.2 Å². The van der Waals surface area contributed by atoms with Crippen LogP contribution in [0.5, 0.6) is 5.75 Å². The van der Waals surface area contributed by atoms with Crippen LogP contribution in [-0.4, -0.2) is 30.3 Å². The average Bonchev–Trinajstić information content (AvgIpc) is 3.16. The Morgan fingerprint density at radius 1 is 1.38 bits per heavy atom. The normalized spacial score (nSPS) is 21.7. The Kier molecular flexibility index (Phi) is 3.88. The Labute approximate surface area is 122 Å². The number of rotatable bonds is 4. The molecule has 6 heteroatoms. The highest BCUT2D eigenvalue weighted by Gasteiger charge is 2.31. The van der Waals surface area contributed by atoms with Gasteiger partial charge in [0.15, 0.2) is 11.6 Å². The number of nitrogens with one attached hydrogen (secondary N) is 1. The summed E-state index contributed by atoms with van der Waals surface area (Å²) in [6, 6.07) is 4.92. The Balaban J connectivity index is 1.88. The van der Waals surface area contributed by atoms with Crippen LogP contribution in [-0.2, 0) is 0 Å². The van der Waals surface area contributed by atoms with Crippen LogP contribution in [0.15, 0.2) is 22.7 Å². The fraction of sp³-hybridized carbons (Fsp3) is 0.467. The van der Waals surface area contributed by atoms with E-state index in [4.69, 9.17) is 9.26 Å². The molecule has 0 amide bonds. The van der Waals surface area contributed by atoms with Gasteiger partial charge >= 0.3 is 0 Å². The van der Waals surface area contributed by atoms with Gasteiger partial charge in [-0.3, -0.25) is 0 Å². The van der Waals surface area contributed by atoms with E-state index in [2.05, 4.69) is 15.5 Å². The molecule has 0 bridgehead atoms. The van der Waals surface area contributed by atoms with Gasteiger partial charge in [0.05, 0.1) is 13.0 Å². The van der Waals surface area contributed by atoms with Crippen LogP contribution >= 0.6 is 0 Å². The van der Waals surface area contributed by atoms with E-state index < -0.39 is 5.82 Å². The third kappa shape index (κ3) is 2.63. The summed E-state index contributed by atoms with van der Waals surface area (Å²) in [5, 5.41) is 7.30. The third-order valence-electron chi connectivity index (χ3n) is 4.06. The summed E-state index contributed by atoms with van der Waals surface area (Å²) in [5.74, 6) is 1.12. The Morgan fingerprint density at radius 3 is 3.00 bits per heavy atom. The van der Waals surface area contributed by atoms with Gasteiger partial charge in [-0.15, -0.1) is 0 Å². The van der Waals surface area contributed by atoms with Gasteiger partial charge in [0.25, 0.3) is 0 Å². The minimum Gasteiger partial charge on any atom is -0.494 e. The number of methoxy groups -OCH3 is 1. The molecule has 112 valence electrons. The van der Waals surface area contributed by atoms with Crippen LogP contribution in [0, 0.1) is 5.82 Å². The summed E-state index contributed by atoms with van der Waals surface area (Å²) in [7, 11) is 3.38. The third-order valence-corrected chi connectivity index (χ3v) is 4.06. The number of halogens is 1. The van der Waals surface area contributed by atoms with Crippen LogP contribution in [0.3, 0.4) is 0 Å². The van der Waals surface area contributed by atoms with Crippen LogP contribution in [0.25, 0.3) is 11.4 Å². The van der Waals surface area contributed by atoms with Crippen molar-refractivity contribution in [2.75, 3.05) is 14.2 Å². The minimum atomic E-state index is -0.406. The lowest BCUT2D eigenvalue weighted by Gasteiger charge is -2.14.